The molecule has 28 heavy (non-hydrogen) atoms. The van der Waals surface area contributed by atoms with E-state index in [4.69, 9.17) is 9.15 Å². The molecule has 3 heterocycles. The molecule has 1 aromatic carbocycles. The van der Waals surface area contributed by atoms with E-state index >= 15 is 0 Å². The number of aromatic nitrogens is 5. The van der Waals surface area contributed by atoms with E-state index in [2.05, 4.69) is 27.4 Å². The highest BCUT2D eigenvalue weighted by Crippen LogP contribution is 2.40. The Morgan fingerprint density at radius 1 is 1.21 bits per heavy atom. The van der Waals surface area contributed by atoms with Crippen molar-refractivity contribution in [3.8, 4) is 0 Å². The average molecular weight is 383 g/mol. The van der Waals surface area contributed by atoms with Gasteiger partial charge in [-0.3, -0.25) is 4.57 Å². The summed E-state index contributed by atoms with van der Waals surface area (Å²) in [6.45, 7) is 7.23. The van der Waals surface area contributed by atoms with E-state index in [0.29, 0.717) is 30.8 Å². The first kappa shape index (κ1) is 18.6. The second-order valence-corrected chi connectivity index (χ2v) is 7.33. The van der Waals surface area contributed by atoms with E-state index in [1.165, 1.54) is 10.2 Å². The van der Waals surface area contributed by atoms with Gasteiger partial charge in [-0.25, -0.2) is 9.48 Å². The van der Waals surface area contributed by atoms with Gasteiger partial charge in [-0.1, -0.05) is 44.2 Å². The molecule has 1 aliphatic heterocycles. The predicted octanol–water partition coefficient (Wildman–Crippen LogP) is 2.86. The van der Waals surface area contributed by atoms with Crippen molar-refractivity contribution >= 4 is 0 Å². The van der Waals surface area contributed by atoms with Crippen LogP contribution in [0.1, 0.15) is 68.3 Å². The monoisotopic (exact) mass is 383 g/mol. The summed E-state index contributed by atoms with van der Waals surface area (Å²) < 4.78 is 14.7. The molecule has 148 valence electrons. The summed E-state index contributed by atoms with van der Waals surface area (Å²) in [6, 6.07) is 10.3. The van der Waals surface area contributed by atoms with E-state index < -0.39 is 0 Å². The normalized spacial score (nSPS) is 19.6. The third-order valence-electron chi connectivity index (χ3n) is 5.10. The van der Waals surface area contributed by atoms with Crippen LogP contribution in [0, 0.1) is 0 Å². The summed E-state index contributed by atoms with van der Waals surface area (Å²) in [4.78, 5) is 12.9. The molecule has 0 amide bonds. The lowest BCUT2D eigenvalue weighted by molar-refractivity contribution is 0.0933. The zero-order valence-electron chi connectivity index (χ0n) is 16.4. The molecule has 1 saturated heterocycles. The molecular formula is C20H25N5O3. The quantitative estimate of drug-likeness (QED) is 0.650. The van der Waals surface area contributed by atoms with E-state index in [-0.39, 0.29) is 30.2 Å². The van der Waals surface area contributed by atoms with Crippen LogP contribution in [0.25, 0.3) is 0 Å². The van der Waals surface area contributed by atoms with Crippen LogP contribution in [0.2, 0.25) is 0 Å². The molecule has 1 fully saturated rings. The standard InChI is InChI=1S/C20H25N5O3/c1-4-24-18(17-15(10-11-27-17)14-8-6-5-7-9-14)23-25(20(24)26)12-16-21-22-19(28-16)13(2)3/h5-9,13,15,17H,4,10-12H2,1-3H3/t15-,17-/m0/s1. The third kappa shape index (κ3) is 3.40. The Balaban J connectivity index is 1.66. The molecule has 8 nitrogen and oxygen atoms in total. The van der Waals surface area contributed by atoms with Crippen LogP contribution in [-0.2, 0) is 17.8 Å². The molecule has 8 heteroatoms. The van der Waals surface area contributed by atoms with Crippen molar-refractivity contribution in [1.29, 1.82) is 0 Å². The van der Waals surface area contributed by atoms with Crippen LogP contribution in [-0.4, -0.2) is 31.2 Å². The second kappa shape index (κ2) is 7.71. The van der Waals surface area contributed by atoms with Crippen molar-refractivity contribution in [2.24, 2.45) is 0 Å². The van der Waals surface area contributed by atoms with Gasteiger partial charge in [0, 0.05) is 25.0 Å². The third-order valence-corrected chi connectivity index (χ3v) is 5.10. The highest BCUT2D eigenvalue weighted by atomic mass is 16.5. The average Bonchev–Trinajstić information content (AvgIpc) is 3.42. The maximum Gasteiger partial charge on any atom is 0.346 e. The lowest BCUT2D eigenvalue weighted by Gasteiger charge is -2.18. The van der Waals surface area contributed by atoms with Crippen LogP contribution in [0.4, 0.5) is 0 Å². The molecule has 0 spiro atoms. The molecule has 0 saturated carbocycles. The molecule has 2 aromatic heterocycles. The highest BCUT2D eigenvalue weighted by Gasteiger charge is 2.35. The van der Waals surface area contributed by atoms with Crippen LogP contribution in [0.5, 0.6) is 0 Å². The number of nitrogens with zero attached hydrogens (tertiary/aromatic N) is 5. The summed E-state index contributed by atoms with van der Waals surface area (Å²) in [7, 11) is 0. The van der Waals surface area contributed by atoms with Crippen LogP contribution in [0.3, 0.4) is 0 Å². The van der Waals surface area contributed by atoms with Crippen molar-refractivity contribution in [2.75, 3.05) is 6.61 Å². The smallest absolute Gasteiger partial charge is 0.346 e. The van der Waals surface area contributed by atoms with Gasteiger partial charge < -0.3 is 9.15 Å². The molecule has 0 aliphatic carbocycles. The van der Waals surface area contributed by atoms with E-state index in [0.717, 1.165) is 6.42 Å². The fraction of sp³-hybridized carbons (Fsp3) is 0.500. The van der Waals surface area contributed by atoms with Gasteiger partial charge in [0.2, 0.25) is 11.8 Å². The van der Waals surface area contributed by atoms with Gasteiger partial charge in [0.15, 0.2) is 5.82 Å². The van der Waals surface area contributed by atoms with Gasteiger partial charge in [-0.05, 0) is 18.9 Å². The van der Waals surface area contributed by atoms with Gasteiger partial charge in [-0.15, -0.1) is 10.2 Å². The highest BCUT2D eigenvalue weighted by molar-refractivity contribution is 5.23. The van der Waals surface area contributed by atoms with Crippen molar-refractivity contribution in [3.63, 3.8) is 0 Å². The zero-order chi connectivity index (χ0) is 19.7. The first-order chi connectivity index (χ1) is 13.6. The van der Waals surface area contributed by atoms with Gasteiger partial charge in [0.05, 0.1) is 0 Å². The maximum atomic E-state index is 12.9. The fourth-order valence-electron chi connectivity index (χ4n) is 3.65. The predicted molar refractivity (Wildman–Crippen MR) is 102 cm³/mol. The van der Waals surface area contributed by atoms with Gasteiger partial charge in [0.25, 0.3) is 0 Å². The molecule has 0 N–H and O–H groups in total. The Kier molecular flexibility index (Phi) is 5.13. The molecule has 0 unspecified atom stereocenters. The minimum atomic E-state index is -0.245. The summed E-state index contributed by atoms with van der Waals surface area (Å²) in [6.07, 6.45) is 0.658. The molecule has 2 atom stereocenters. The van der Waals surface area contributed by atoms with E-state index in [1.54, 1.807) is 4.57 Å². The largest absolute Gasteiger partial charge is 0.423 e. The molecule has 0 bridgehead atoms. The van der Waals surface area contributed by atoms with Crippen LogP contribution in [0.15, 0.2) is 39.5 Å². The van der Waals surface area contributed by atoms with Crippen LogP contribution >= 0.6 is 0 Å². The summed E-state index contributed by atoms with van der Waals surface area (Å²) in [5, 5.41) is 12.7. The number of rotatable bonds is 6. The van der Waals surface area contributed by atoms with Gasteiger partial charge >= 0.3 is 5.69 Å². The summed E-state index contributed by atoms with van der Waals surface area (Å²) >= 11 is 0. The summed E-state index contributed by atoms with van der Waals surface area (Å²) in [5.74, 6) is 1.91. The Labute approximate surface area is 163 Å². The molecule has 4 rings (SSSR count). The van der Waals surface area contributed by atoms with Crippen LogP contribution < -0.4 is 5.69 Å². The van der Waals surface area contributed by atoms with Crippen molar-refractivity contribution < 1.29 is 9.15 Å². The lowest BCUT2D eigenvalue weighted by Crippen LogP contribution is -2.26. The SMILES string of the molecule is CCn1c([C@H]2OCC[C@H]2c2ccccc2)nn(Cc2nnc(C(C)C)o2)c1=O. The number of benzene rings is 1. The number of ether oxygens (including phenoxy) is 1. The Morgan fingerprint density at radius 3 is 2.68 bits per heavy atom. The molecule has 1 aliphatic rings. The molecule has 3 aromatic rings. The van der Waals surface area contributed by atoms with E-state index in [1.807, 2.05) is 39.0 Å². The Hall–Kier alpha value is -2.74. The maximum absolute atomic E-state index is 12.9. The van der Waals surface area contributed by atoms with E-state index in [9.17, 15) is 4.79 Å². The Morgan fingerprint density at radius 2 is 2.00 bits per heavy atom. The minimum absolute atomic E-state index is 0.139. The fourth-order valence-corrected chi connectivity index (χ4v) is 3.65. The first-order valence-corrected chi connectivity index (χ1v) is 9.74. The van der Waals surface area contributed by atoms with Crippen molar-refractivity contribution in [2.45, 2.75) is 58.2 Å². The Bertz CT molecular complexity index is 989. The van der Waals surface area contributed by atoms with Crippen molar-refractivity contribution in [1.82, 2.24) is 24.5 Å². The second-order valence-electron chi connectivity index (χ2n) is 7.33. The minimum Gasteiger partial charge on any atom is -0.423 e. The first-order valence-electron chi connectivity index (χ1n) is 9.74. The van der Waals surface area contributed by atoms with Gasteiger partial charge in [0.1, 0.15) is 12.6 Å². The topological polar surface area (TPSA) is 88.0 Å². The van der Waals surface area contributed by atoms with Gasteiger partial charge in [-0.2, -0.15) is 5.10 Å². The van der Waals surface area contributed by atoms with Crippen molar-refractivity contribution in [3.05, 3.63) is 64.0 Å². The molecular weight excluding hydrogens is 358 g/mol. The molecule has 0 radical (unpaired) electrons. The number of hydrogen-bond donors (Lipinski definition) is 0. The summed E-state index contributed by atoms with van der Waals surface area (Å²) in [5.41, 5.74) is 1.01. The zero-order valence-corrected chi connectivity index (χ0v) is 16.4. The number of hydrogen-bond acceptors (Lipinski definition) is 6. The lowest BCUT2D eigenvalue weighted by atomic mass is 9.92.